The largest absolute Gasteiger partial charge is 0.434 e. The number of nitrogens with zero attached hydrogens (tertiary/aromatic N) is 2. The molecule has 1 aliphatic rings. The van der Waals surface area contributed by atoms with Gasteiger partial charge in [0.2, 0.25) is 5.91 Å². The fourth-order valence-electron chi connectivity index (χ4n) is 3.84. The van der Waals surface area contributed by atoms with Crippen molar-refractivity contribution in [1.82, 2.24) is 9.80 Å². The van der Waals surface area contributed by atoms with Gasteiger partial charge in [0.1, 0.15) is 11.6 Å². The average Bonchev–Trinajstić information content (AvgIpc) is 2.76. The molecule has 2 aromatic rings. The number of piperidine rings is 1. The van der Waals surface area contributed by atoms with E-state index in [1.165, 1.54) is 35.2 Å². The molecular formula is C23H25F3N2O3. The lowest BCUT2D eigenvalue weighted by molar-refractivity contribution is -0.137. The van der Waals surface area contributed by atoms with Gasteiger partial charge in [-0.3, -0.25) is 9.59 Å². The summed E-state index contributed by atoms with van der Waals surface area (Å²) in [5, 5.41) is 0. The van der Waals surface area contributed by atoms with Gasteiger partial charge in [-0.25, -0.2) is 4.39 Å². The van der Waals surface area contributed by atoms with E-state index in [0.717, 1.165) is 0 Å². The van der Waals surface area contributed by atoms with E-state index in [-0.39, 0.29) is 36.1 Å². The van der Waals surface area contributed by atoms with E-state index in [1.54, 1.807) is 23.1 Å². The van der Waals surface area contributed by atoms with E-state index in [0.29, 0.717) is 31.5 Å². The van der Waals surface area contributed by atoms with Crippen molar-refractivity contribution in [3.63, 3.8) is 0 Å². The lowest BCUT2D eigenvalue weighted by Crippen LogP contribution is -2.46. The third-order valence-corrected chi connectivity index (χ3v) is 5.35. The van der Waals surface area contributed by atoms with Crippen molar-refractivity contribution < 1.29 is 27.5 Å². The minimum Gasteiger partial charge on any atom is -0.434 e. The molecule has 0 bridgehead atoms. The number of carbonyl (C=O) groups excluding carboxylic acids is 2. The van der Waals surface area contributed by atoms with E-state index in [9.17, 15) is 22.8 Å². The summed E-state index contributed by atoms with van der Waals surface area (Å²) >= 11 is 0. The minimum atomic E-state index is -3.04. The number of hydrogen-bond donors (Lipinski definition) is 0. The van der Waals surface area contributed by atoms with E-state index in [2.05, 4.69) is 4.74 Å². The molecule has 5 nitrogen and oxygen atoms in total. The maximum atomic E-state index is 13.5. The standard InChI is InChI=1S/C23H25F3N2O3/c1-2-27(14-16-7-5-9-18(24)13-16)21(29)17-8-6-12-28(15-17)22(30)19-10-3-4-11-20(19)31-23(25)26/h3-5,7,9-11,13,17,23H,2,6,8,12,14-15H2,1H3. The van der Waals surface area contributed by atoms with Gasteiger partial charge in [0.25, 0.3) is 5.91 Å². The molecule has 0 spiro atoms. The van der Waals surface area contributed by atoms with Gasteiger partial charge in [-0.1, -0.05) is 24.3 Å². The number of hydrogen-bond acceptors (Lipinski definition) is 3. The molecule has 166 valence electrons. The average molecular weight is 434 g/mol. The topological polar surface area (TPSA) is 49.9 Å². The molecule has 0 aromatic heterocycles. The van der Waals surface area contributed by atoms with Crippen LogP contribution in [0.25, 0.3) is 0 Å². The number of amides is 2. The van der Waals surface area contributed by atoms with Crippen LogP contribution in [0, 0.1) is 11.7 Å². The third-order valence-electron chi connectivity index (χ3n) is 5.35. The van der Waals surface area contributed by atoms with Crippen LogP contribution < -0.4 is 4.74 Å². The van der Waals surface area contributed by atoms with Gasteiger partial charge in [0.15, 0.2) is 0 Å². The molecular weight excluding hydrogens is 409 g/mol. The Morgan fingerprint density at radius 2 is 1.97 bits per heavy atom. The summed E-state index contributed by atoms with van der Waals surface area (Å²) in [7, 11) is 0. The van der Waals surface area contributed by atoms with Crippen LogP contribution in [0.5, 0.6) is 5.75 Å². The Morgan fingerprint density at radius 1 is 1.19 bits per heavy atom. The molecule has 1 heterocycles. The number of halogens is 3. The Morgan fingerprint density at radius 3 is 2.68 bits per heavy atom. The summed E-state index contributed by atoms with van der Waals surface area (Å²) in [6.07, 6.45) is 1.25. The normalized spacial score (nSPS) is 16.3. The first-order chi connectivity index (χ1) is 14.9. The van der Waals surface area contributed by atoms with Crippen molar-refractivity contribution in [3.8, 4) is 5.75 Å². The first-order valence-corrected chi connectivity index (χ1v) is 10.3. The molecule has 1 saturated heterocycles. The summed E-state index contributed by atoms with van der Waals surface area (Å²) in [5.74, 6) is -1.50. The summed E-state index contributed by atoms with van der Waals surface area (Å²) < 4.78 is 43.3. The Balaban J connectivity index is 1.70. The van der Waals surface area contributed by atoms with Crippen LogP contribution in [0.2, 0.25) is 0 Å². The predicted octanol–water partition coefficient (Wildman–Crippen LogP) is 4.33. The highest BCUT2D eigenvalue weighted by atomic mass is 19.3. The quantitative estimate of drug-likeness (QED) is 0.652. The number of benzene rings is 2. The van der Waals surface area contributed by atoms with E-state index >= 15 is 0 Å². The van der Waals surface area contributed by atoms with Crippen LogP contribution in [0.3, 0.4) is 0 Å². The number of likely N-dealkylation sites (tertiary alicyclic amines) is 1. The van der Waals surface area contributed by atoms with Crippen LogP contribution in [0.4, 0.5) is 13.2 Å². The van der Waals surface area contributed by atoms with Crippen LogP contribution in [-0.4, -0.2) is 47.9 Å². The molecule has 1 fully saturated rings. The molecule has 0 saturated carbocycles. The van der Waals surface area contributed by atoms with Gasteiger partial charge in [-0.2, -0.15) is 8.78 Å². The van der Waals surface area contributed by atoms with Crippen LogP contribution in [0.15, 0.2) is 48.5 Å². The molecule has 2 amide bonds. The first kappa shape index (κ1) is 22.7. The van der Waals surface area contributed by atoms with Crippen molar-refractivity contribution >= 4 is 11.8 Å². The Labute approximate surface area is 179 Å². The van der Waals surface area contributed by atoms with Crippen LogP contribution in [0.1, 0.15) is 35.7 Å². The van der Waals surface area contributed by atoms with Crippen LogP contribution in [-0.2, 0) is 11.3 Å². The first-order valence-electron chi connectivity index (χ1n) is 10.3. The molecule has 0 aliphatic carbocycles. The number of para-hydroxylation sites is 1. The van der Waals surface area contributed by atoms with Crippen molar-refractivity contribution in [2.24, 2.45) is 5.92 Å². The van der Waals surface area contributed by atoms with Crippen LogP contribution >= 0.6 is 0 Å². The second-order valence-corrected chi connectivity index (χ2v) is 7.45. The van der Waals surface area contributed by atoms with E-state index in [1.807, 2.05) is 6.92 Å². The molecule has 31 heavy (non-hydrogen) atoms. The van der Waals surface area contributed by atoms with Crippen molar-refractivity contribution in [1.29, 1.82) is 0 Å². The lowest BCUT2D eigenvalue weighted by atomic mass is 9.95. The van der Waals surface area contributed by atoms with E-state index < -0.39 is 18.4 Å². The molecule has 3 rings (SSSR count). The minimum absolute atomic E-state index is 0.0445. The molecule has 1 aliphatic heterocycles. The molecule has 1 unspecified atom stereocenters. The Bertz CT molecular complexity index is 922. The highest BCUT2D eigenvalue weighted by Gasteiger charge is 2.32. The Kier molecular flexibility index (Phi) is 7.55. The number of ether oxygens (including phenoxy) is 1. The van der Waals surface area contributed by atoms with Gasteiger partial charge >= 0.3 is 6.61 Å². The number of carbonyl (C=O) groups is 2. The highest BCUT2D eigenvalue weighted by molar-refractivity contribution is 5.97. The van der Waals surface area contributed by atoms with Gasteiger partial charge in [-0.15, -0.1) is 0 Å². The monoisotopic (exact) mass is 434 g/mol. The predicted molar refractivity (Wildman–Crippen MR) is 109 cm³/mol. The van der Waals surface area contributed by atoms with Crippen molar-refractivity contribution in [3.05, 3.63) is 65.5 Å². The maximum absolute atomic E-state index is 13.5. The van der Waals surface area contributed by atoms with E-state index in [4.69, 9.17) is 0 Å². The molecule has 0 radical (unpaired) electrons. The van der Waals surface area contributed by atoms with Crippen molar-refractivity contribution in [2.75, 3.05) is 19.6 Å². The molecule has 8 heteroatoms. The number of rotatable bonds is 7. The summed E-state index contributed by atoms with van der Waals surface area (Å²) in [4.78, 5) is 29.2. The molecule has 2 aromatic carbocycles. The summed E-state index contributed by atoms with van der Waals surface area (Å²) in [6, 6.07) is 12.0. The highest BCUT2D eigenvalue weighted by Crippen LogP contribution is 2.26. The SMILES string of the molecule is CCN(Cc1cccc(F)c1)C(=O)C1CCCN(C(=O)c2ccccc2OC(F)F)C1. The smallest absolute Gasteiger partial charge is 0.387 e. The zero-order chi connectivity index (χ0) is 22.4. The lowest BCUT2D eigenvalue weighted by Gasteiger charge is -2.35. The molecule has 0 N–H and O–H groups in total. The second-order valence-electron chi connectivity index (χ2n) is 7.45. The van der Waals surface area contributed by atoms with Gasteiger partial charge in [-0.05, 0) is 49.6 Å². The van der Waals surface area contributed by atoms with Gasteiger partial charge < -0.3 is 14.5 Å². The van der Waals surface area contributed by atoms with Gasteiger partial charge in [0.05, 0.1) is 11.5 Å². The Hall–Kier alpha value is -3.03. The van der Waals surface area contributed by atoms with Gasteiger partial charge in [0, 0.05) is 26.2 Å². The fraction of sp³-hybridized carbons (Fsp3) is 0.391. The summed E-state index contributed by atoms with van der Waals surface area (Å²) in [5.41, 5.74) is 0.736. The van der Waals surface area contributed by atoms with Crippen molar-refractivity contribution in [2.45, 2.75) is 32.9 Å². The maximum Gasteiger partial charge on any atom is 0.387 e. The number of alkyl halides is 2. The summed E-state index contributed by atoms with van der Waals surface area (Å²) in [6.45, 7) is 0.168. The molecule has 1 atom stereocenters. The third kappa shape index (κ3) is 5.77. The zero-order valence-corrected chi connectivity index (χ0v) is 17.3. The zero-order valence-electron chi connectivity index (χ0n) is 17.3. The second kappa shape index (κ2) is 10.3. The fourth-order valence-corrected chi connectivity index (χ4v) is 3.84.